The molecule has 0 radical (unpaired) electrons. The number of carbonyl (C=O) groups excluding carboxylic acids is 1. The summed E-state index contributed by atoms with van der Waals surface area (Å²) in [6.45, 7) is 3.23. The highest BCUT2D eigenvalue weighted by molar-refractivity contribution is 7.13. The number of piperidine rings is 1. The first-order chi connectivity index (χ1) is 11.5. The maximum atomic E-state index is 13.0. The number of anilines is 1. The minimum atomic E-state index is -1.02. The van der Waals surface area contributed by atoms with Crippen LogP contribution in [0.2, 0.25) is 0 Å². The SMILES string of the molecule is Cc1ccc(C(=O)NCC2(O)CCCN(c3ccc(F)cn3)C2)s1. The van der Waals surface area contributed by atoms with Gasteiger partial charge in [-0.1, -0.05) is 0 Å². The first-order valence-electron chi connectivity index (χ1n) is 7.89. The number of β-amino-alcohol motifs (C(OH)–C–C–N with tert-alkyl or cyclic N) is 1. The molecule has 1 amide bonds. The number of hydrogen-bond acceptors (Lipinski definition) is 5. The Morgan fingerprint density at radius 3 is 2.96 bits per heavy atom. The van der Waals surface area contributed by atoms with Gasteiger partial charge in [0.05, 0.1) is 16.7 Å². The standard InChI is InChI=1S/C17H20FN3O2S/c1-12-3-5-14(24-12)16(22)20-10-17(23)7-2-8-21(11-17)15-6-4-13(18)9-19-15/h3-6,9,23H,2,7-8,10-11H2,1H3,(H,20,22). The van der Waals surface area contributed by atoms with Crippen molar-refractivity contribution in [3.8, 4) is 0 Å². The second kappa shape index (κ2) is 6.86. The highest BCUT2D eigenvalue weighted by Crippen LogP contribution is 2.25. The van der Waals surface area contributed by atoms with Crippen LogP contribution in [0.1, 0.15) is 27.4 Å². The van der Waals surface area contributed by atoms with Gasteiger partial charge in [0.2, 0.25) is 0 Å². The van der Waals surface area contributed by atoms with Crippen LogP contribution in [0, 0.1) is 12.7 Å². The Morgan fingerprint density at radius 2 is 2.29 bits per heavy atom. The summed E-state index contributed by atoms with van der Waals surface area (Å²) in [6.07, 6.45) is 2.56. The predicted molar refractivity (Wildman–Crippen MR) is 92.0 cm³/mol. The van der Waals surface area contributed by atoms with Crippen molar-refractivity contribution in [3.05, 3.63) is 46.0 Å². The van der Waals surface area contributed by atoms with E-state index < -0.39 is 5.60 Å². The number of aromatic nitrogens is 1. The average Bonchev–Trinajstić information content (AvgIpc) is 3.00. The number of aliphatic hydroxyl groups is 1. The van der Waals surface area contributed by atoms with Gasteiger partial charge in [-0.05, 0) is 44.0 Å². The lowest BCUT2D eigenvalue weighted by atomic mass is 9.92. The monoisotopic (exact) mass is 349 g/mol. The van der Waals surface area contributed by atoms with Crippen molar-refractivity contribution in [3.63, 3.8) is 0 Å². The lowest BCUT2D eigenvalue weighted by Crippen LogP contribution is -2.54. The molecule has 0 spiro atoms. The van der Waals surface area contributed by atoms with Crippen molar-refractivity contribution in [1.29, 1.82) is 0 Å². The van der Waals surface area contributed by atoms with Crippen molar-refractivity contribution < 1.29 is 14.3 Å². The molecule has 0 saturated carbocycles. The molecule has 0 aliphatic carbocycles. The molecule has 1 saturated heterocycles. The van der Waals surface area contributed by atoms with E-state index in [0.29, 0.717) is 23.7 Å². The number of hydrogen-bond donors (Lipinski definition) is 2. The maximum Gasteiger partial charge on any atom is 0.261 e. The molecule has 5 nitrogen and oxygen atoms in total. The molecule has 24 heavy (non-hydrogen) atoms. The van der Waals surface area contributed by atoms with Gasteiger partial charge in [0.15, 0.2) is 0 Å². The van der Waals surface area contributed by atoms with E-state index in [4.69, 9.17) is 0 Å². The third kappa shape index (κ3) is 3.91. The maximum absolute atomic E-state index is 13.0. The van der Waals surface area contributed by atoms with E-state index in [0.717, 1.165) is 17.8 Å². The minimum Gasteiger partial charge on any atom is -0.386 e. The van der Waals surface area contributed by atoms with Gasteiger partial charge in [-0.2, -0.15) is 0 Å². The van der Waals surface area contributed by atoms with Crippen molar-refractivity contribution in [2.75, 3.05) is 24.5 Å². The number of aryl methyl sites for hydroxylation is 1. The molecule has 1 fully saturated rings. The second-order valence-electron chi connectivity index (χ2n) is 6.18. The molecule has 1 aliphatic heterocycles. The van der Waals surface area contributed by atoms with Crippen molar-refractivity contribution in [1.82, 2.24) is 10.3 Å². The van der Waals surface area contributed by atoms with Crippen LogP contribution < -0.4 is 10.2 Å². The van der Waals surface area contributed by atoms with Crippen LogP contribution in [0.15, 0.2) is 30.5 Å². The normalized spacial score (nSPS) is 20.9. The summed E-state index contributed by atoms with van der Waals surface area (Å²) in [6, 6.07) is 6.65. The molecule has 0 bridgehead atoms. The fraction of sp³-hybridized carbons (Fsp3) is 0.412. The van der Waals surface area contributed by atoms with Crippen LogP contribution >= 0.6 is 11.3 Å². The van der Waals surface area contributed by atoms with Gasteiger partial charge in [0.25, 0.3) is 5.91 Å². The molecular formula is C17H20FN3O2S. The third-order valence-electron chi connectivity index (χ3n) is 4.13. The Hall–Kier alpha value is -1.99. The van der Waals surface area contributed by atoms with Crippen LogP contribution in [-0.4, -0.2) is 41.2 Å². The Labute approximate surface area is 144 Å². The van der Waals surface area contributed by atoms with Crippen molar-refractivity contribution in [2.24, 2.45) is 0 Å². The van der Waals surface area contributed by atoms with Gasteiger partial charge in [-0.25, -0.2) is 9.37 Å². The summed E-state index contributed by atoms with van der Waals surface area (Å²) in [5.41, 5.74) is -1.02. The quantitative estimate of drug-likeness (QED) is 0.889. The molecular weight excluding hydrogens is 329 g/mol. The summed E-state index contributed by atoms with van der Waals surface area (Å²) >= 11 is 1.43. The molecule has 0 aromatic carbocycles. The van der Waals surface area contributed by atoms with Crippen molar-refractivity contribution in [2.45, 2.75) is 25.4 Å². The molecule has 2 N–H and O–H groups in total. The topological polar surface area (TPSA) is 65.5 Å². The Morgan fingerprint density at radius 1 is 1.46 bits per heavy atom. The van der Waals surface area contributed by atoms with Gasteiger partial charge in [0, 0.05) is 24.5 Å². The summed E-state index contributed by atoms with van der Waals surface area (Å²) in [4.78, 5) is 19.9. The van der Waals surface area contributed by atoms with Crippen LogP contribution in [0.25, 0.3) is 0 Å². The number of nitrogens with one attached hydrogen (secondary N) is 1. The molecule has 7 heteroatoms. The van der Waals surface area contributed by atoms with E-state index in [1.54, 1.807) is 12.1 Å². The van der Waals surface area contributed by atoms with Crippen LogP contribution in [0.5, 0.6) is 0 Å². The predicted octanol–water partition coefficient (Wildman–Crippen LogP) is 2.35. The number of pyridine rings is 1. The van der Waals surface area contributed by atoms with E-state index in [9.17, 15) is 14.3 Å². The largest absolute Gasteiger partial charge is 0.386 e. The lowest BCUT2D eigenvalue weighted by molar-refractivity contribution is 0.0255. The molecule has 1 unspecified atom stereocenters. The van der Waals surface area contributed by atoms with E-state index in [2.05, 4.69) is 10.3 Å². The van der Waals surface area contributed by atoms with E-state index >= 15 is 0 Å². The molecule has 128 valence electrons. The fourth-order valence-electron chi connectivity index (χ4n) is 2.90. The van der Waals surface area contributed by atoms with Gasteiger partial charge in [-0.15, -0.1) is 11.3 Å². The van der Waals surface area contributed by atoms with Gasteiger partial charge >= 0.3 is 0 Å². The Kier molecular flexibility index (Phi) is 4.82. The van der Waals surface area contributed by atoms with E-state index in [1.165, 1.54) is 23.6 Å². The second-order valence-corrected chi connectivity index (χ2v) is 7.46. The molecule has 3 rings (SSSR count). The van der Waals surface area contributed by atoms with Gasteiger partial charge < -0.3 is 15.3 Å². The van der Waals surface area contributed by atoms with Crippen molar-refractivity contribution >= 4 is 23.1 Å². The minimum absolute atomic E-state index is 0.168. The zero-order chi connectivity index (χ0) is 17.2. The first kappa shape index (κ1) is 16.9. The number of rotatable bonds is 4. The highest BCUT2D eigenvalue weighted by atomic mass is 32.1. The molecule has 2 aromatic rings. The van der Waals surface area contributed by atoms with Crippen LogP contribution in [-0.2, 0) is 0 Å². The summed E-state index contributed by atoms with van der Waals surface area (Å²) < 4.78 is 13.0. The zero-order valence-electron chi connectivity index (χ0n) is 13.5. The molecule has 3 heterocycles. The van der Waals surface area contributed by atoms with E-state index in [-0.39, 0.29) is 18.3 Å². The smallest absolute Gasteiger partial charge is 0.261 e. The number of thiophene rings is 1. The highest BCUT2D eigenvalue weighted by Gasteiger charge is 2.34. The number of halogens is 1. The van der Waals surface area contributed by atoms with Gasteiger partial charge in [-0.3, -0.25) is 4.79 Å². The molecule has 2 aromatic heterocycles. The zero-order valence-corrected chi connectivity index (χ0v) is 14.3. The summed E-state index contributed by atoms with van der Waals surface area (Å²) in [5, 5.41) is 13.6. The average molecular weight is 349 g/mol. The fourth-order valence-corrected chi connectivity index (χ4v) is 3.68. The molecule has 1 aliphatic rings. The first-order valence-corrected chi connectivity index (χ1v) is 8.70. The lowest BCUT2D eigenvalue weighted by Gasteiger charge is -2.39. The Balaban J connectivity index is 1.62. The number of amides is 1. The molecule has 1 atom stereocenters. The summed E-state index contributed by atoms with van der Waals surface area (Å²) in [5.74, 6) is 0.0813. The van der Waals surface area contributed by atoms with Crippen LogP contribution in [0.4, 0.5) is 10.2 Å². The number of carbonyl (C=O) groups is 1. The third-order valence-corrected chi connectivity index (χ3v) is 5.13. The van der Waals surface area contributed by atoms with E-state index in [1.807, 2.05) is 17.9 Å². The van der Waals surface area contributed by atoms with Gasteiger partial charge in [0.1, 0.15) is 11.6 Å². The number of nitrogens with zero attached hydrogens (tertiary/aromatic N) is 2. The Bertz CT molecular complexity index is 719. The summed E-state index contributed by atoms with van der Waals surface area (Å²) in [7, 11) is 0. The van der Waals surface area contributed by atoms with Crippen LogP contribution in [0.3, 0.4) is 0 Å².